The van der Waals surface area contributed by atoms with Crippen LogP contribution in [0, 0.1) is 0 Å². The fraction of sp³-hybridized carbons (Fsp3) is 0.333. The van der Waals surface area contributed by atoms with Crippen molar-refractivity contribution < 1.29 is 0 Å². The highest BCUT2D eigenvalue weighted by Gasteiger charge is 1.93. The predicted octanol–water partition coefficient (Wildman–Crippen LogP) is 1.66. The summed E-state index contributed by atoms with van der Waals surface area (Å²) in [4.78, 5) is 2.11. The van der Waals surface area contributed by atoms with Gasteiger partial charge in [-0.2, -0.15) is 0 Å². The van der Waals surface area contributed by atoms with E-state index in [4.69, 9.17) is 5.73 Å². The van der Waals surface area contributed by atoms with Crippen LogP contribution in [0.25, 0.3) is 0 Å². The van der Waals surface area contributed by atoms with E-state index in [1.54, 1.807) is 0 Å². The summed E-state index contributed by atoms with van der Waals surface area (Å²) in [6, 6.07) is 7.61. The molecule has 0 aliphatic rings. The molecule has 0 fully saturated rings. The second-order valence-electron chi connectivity index (χ2n) is 2.93. The maximum atomic E-state index is 7.26. The minimum Gasteiger partial charge on any atom is -0.305 e. The third-order valence-corrected chi connectivity index (χ3v) is 1.45. The summed E-state index contributed by atoms with van der Waals surface area (Å²) in [5.74, 6) is 0. The number of hydrogen-bond acceptors (Lipinski definition) is 1. The topological polar surface area (TPSA) is 27.0 Å². The molecule has 1 rings (SSSR count). The molecule has 0 atom stereocenters. The number of benzene rings is 1. The first-order valence-electron chi connectivity index (χ1n) is 3.64. The van der Waals surface area contributed by atoms with Crippen LogP contribution in [0.3, 0.4) is 0 Å². The maximum absolute atomic E-state index is 7.26. The van der Waals surface area contributed by atoms with Crippen LogP contribution >= 0.6 is 0 Å². The van der Waals surface area contributed by atoms with Gasteiger partial charge < -0.3 is 10.6 Å². The molecule has 0 aromatic heterocycles. The molecule has 0 amide bonds. The molecule has 2 nitrogen and oxygen atoms in total. The minimum atomic E-state index is 0.576. The van der Waals surface area contributed by atoms with E-state index < -0.39 is 0 Å². The lowest BCUT2D eigenvalue weighted by Gasteiger charge is -2.08. The molecule has 0 saturated heterocycles. The molecule has 0 heterocycles. The summed E-state index contributed by atoms with van der Waals surface area (Å²) < 4.78 is 0. The van der Waals surface area contributed by atoms with Gasteiger partial charge in [0.15, 0.2) is 0 Å². The van der Waals surface area contributed by atoms with Gasteiger partial charge >= 0.3 is 0 Å². The van der Waals surface area contributed by atoms with Crippen LogP contribution < -0.4 is 5.73 Å². The highest BCUT2D eigenvalue weighted by atomic mass is 15.0. The first-order valence-corrected chi connectivity index (χ1v) is 3.64. The average molecular weight is 149 g/mol. The number of hydrogen-bond donors (Lipinski definition) is 0. The number of nitrogens with zero attached hydrogens (tertiary/aromatic N) is 1. The van der Waals surface area contributed by atoms with E-state index in [0.717, 1.165) is 6.54 Å². The molecule has 11 heavy (non-hydrogen) atoms. The Balaban J connectivity index is 2.66. The zero-order valence-corrected chi connectivity index (χ0v) is 6.96. The second kappa shape index (κ2) is 3.39. The molecular weight excluding hydrogens is 136 g/mol. The lowest BCUT2D eigenvalue weighted by Crippen LogP contribution is -2.10. The summed E-state index contributed by atoms with van der Waals surface area (Å²) in [6.07, 6.45) is 0. The summed E-state index contributed by atoms with van der Waals surface area (Å²) in [5, 5.41) is 0. The molecule has 1 N–H and O–H groups in total. The highest BCUT2D eigenvalue weighted by molar-refractivity contribution is 5.35. The molecule has 0 unspecified atom stereocenters. The summed E-state index contributed by atoms with van der Waals surface area (Å²) >= 11 is 0. The standard InChI is InChI=1S/C9H13N2/c1-11(2)7-8-3-5-9(10)6-4-8/h3-6,10H,7H2,1-2H3. The molecule has 0 saturated carbocycles. The third kappa shape index (κ3) is 2.60. The Kier molecular flexibility index (Phi) is 2.49. The maximum Gasteiger partial charge on any atom is 0.0540 e. The van der Waals surface area contributed by atoms with Gasteiger partial charge in [0.2, 0.25) is 0 Å². The zero-order valence-electron chi connectivity index (χ0n) is 6.96. The van der Waals surface area contributed by atoms with Crippen molar-refractivity contribution in [3.8, 4) is 0 Å². The molecule has 1 radical (unpaired) electrons. The fourth-order valence-electron chi connectivity index (χ4n) is 0.975. The molecular formula is C9H13N2. The summed E-state index contributed by atoms with van der Waals surface area (Å²) in [5.41, 5.74) is 9.09. The van der Waals surface area contributed by atoms with Crippen molar-refractivity contribution in [1.82, 2.24) is 10.6 Å². The quantitative estimate of drug-likeness (QED) is 0.628. The first kappa shape index (κ1) is 8.08. The minimum absolute atomic E-state index is 0.576. The lowest BCUT2D eigenvalue weighted by molar-refractivity contribution is 0.402. The van der Waals surface area contributed by atoms with Crippen molar-refractivity contribution in [2.45, 2.75) is 6.54 Å². The summed E-state index contributed by atoms with van der Waals surface area (Å²) in [6.45, 7) is 0.945. The molecule has 59 valence electrons. The van der Waals surface area contributed by atoms with Crippen LogP contribution in [0.4, 0.5) is 5.69 Å². The number of nitrogens with one attached hydrogen (secondary N) is 1. The molecule has 0 aliphatic carbocycles. The Bertz CT molecular complexity index is 214. The Hall–Kier alpha value is -1.02. The largest absolute Gasteiger partial charge is 0.305 e. The van der Waals surface area contributed by atoms with E-state index in [2.05, 4.69) is 4.90 Å². The fourth-order valence-corrected chi connectivity index (χ4v) is 0.975. The Labute approximate surface area is 67.6 Å². The lowest BCUT2D eigenvalue weighted by atomic mass is 10.2. The van der Waals surface area contributed by atoms with Gasteiger partial charge in [-0.3, -0.25) is 0 Å². The van der Waals surface area contributed by atoms with Crippen molar-refractivity contribution in [1.29, 1.82) is 0 Å². The number of rotatable bonds is 2. The normalized spacial score (nSPS) is 10.5. The molecule has 2 heteroatoms. The van der Waals surface area contributed by atoms with E-state index in [9.17, 15) is 0 Å². The second-order valence-corrected chi connectivity index (χ2v) is 2.93. The summed E-state index contributed by atoms with van der Waals surface area (Å²) in [7, 11) is 4.07. The van der Waals surface area contributed by atoms with Crippen LogP contribution in [-0.2, 0) is 6.54 Å². The molecule has 1 aromatic rings. The van der Waals surface area contributed by atoms with E-state index in [1.165, 1.54) is 5.56 Å². The van der Waals surface area contributed by atoms with Crippen LogP contribution in [0.5, 0.6) is 0 Å². The predicted molar refractivity (Wildman–Crippen MR) is 46.6 cm³/mol. The van der Waals surface area contributed by atoms with Gasteiger partial charge in [-0.15, -0.1) is 0 Å². The van der Waals surface area contributed by atoms with Gasteiger partial charge in [-0.05, 0) is 31.8 Å². The van der Waals surface area contributed by atoms with Gasteiger partial charge in [0.05, 0.1) is 5.69 Å². The average Bonchev–Trinajstić information content (AvgIpc) is 1.93. The van der Waals surface area contributed by atoms with Gasteiger partial charge in [0.25, 0.3) is 0 Å². The van der Waals surface area contributed by atoms with E-state index in [0.29, 0.717) is 5.69 Å². The SMILES string of the molecule is CN(C)Cc1ccc([NH])cc1. The van der Waals surface area contributed by atoms with Gasteiger partial charge in [0.1, 0.15) is 0 Å². The zero-order chi connectivity index (χ0) is 8.27. The van der Waals surface area contributed by atoms with Crippen molar-refractivity contribution >= 4 is 5.69 Å². The van der Waals surface area contributed by atoms with Crippen molar-refractivity contribution in [3.05, 3.63) is 29.8 Å². The third-order valence-electron chi connectivity index (χ3n) is 1.45. The van der Waals surface area contributed by atoms with Crippen LogP contribution in [0.15, 0.2) is 24.3 Å². The molecule has 1 aromatic carbocycles. The van der Waals surface area contributed by atoms with Gasteiger partial charge in [-0.25, -0.2) is 0 Å². The van der Waals surface area contributed by atoms with Crippen molar-refractivity contribution in [2.75, 3.05) is 14.1 Å². The molecule has 0 bridgehead atoms. The first-order chi connectivity index (χ1) is 5.18. The molecule has 0 spiro atoms. The van der Waals surface area contributed by atoms with Gasteiger partial charge in [-0.1, -0.05) is 12.1 Å². The van der Waals surface area contributed by atoms with Crippen molar-refractivity contribution in [2.24, 2.45) is 0 Å². The van der Waals surface area contributed by atoms with Crippen LogP contribution in [0.1, 0.15) is 5.56 Å². The Morgan fingerprint density at radius 1 is 1.18 bits per heavy atom. The highest BCUT2D eigenvalue weighted by Crippen LogP contribution is 2.07. The van der Waals surface area contributed by atoms with Crippen LogP contribution in [-0.4, -0.2) is 19.0 Å². The Morgan fingerprint density at radius 3 is 2.18 bits per heavy atom. The smallest absolute Gasteiger partial charge is 0.0540 e. The van der Waals surface area contributed by atoms with Crippen LogP contribution in [0.2, 0.25) is 0 Å². The van der Waals surface area contributed by atoms with Crippen molar-refractivity contribution in [3.63, 3.8) is 0 Å². The van der Waals surface area contributed by atoms with E-state index >= 15 is 0 Å². The Morgan fingerprint density at radius 2 is 1.73 bits per heavy atom. The monoisotopic (exact) mass is 149 g/mol. The van der Waals surface area contributed by atoms with E-state index in [1.807, 2.05) is 38.4 Å². The molecule has 0 aliphatic heterocycles. The van der Waals surface area contributed by atoms with Gasteiger partial charge in [0, 0.05) is 6.54 Å². The van der Waals surface area contributed by atoms with E-state index in [-0.39, 0.29) is 0 Å².